The minimum Gasteiger partial charge on any atom is -0.487 e. The van der Waals surface area contributed by atoms with E-state index in [9.17, 15) is 0 Å². The molecule has 17 heavy (non-hydrogen) atoms. The molecule has 99 valence electrons. The Labute approximate surface area is 122 Å². The summed E-state index contributed by atoms with van der Waals surface area (Å²) >= 11 is 8.51. The van der Waals surface area contributed by atoms with Gasteiger partial charge in [0.2, 0.25) is 0 Å². The summed E-state index contributed by atoms with van der Waals surface area (Å²) in [6, 6.07) is 7.71. The Bertz CT molecular complexity index is 371. The van der Waals surface area contributed by atoms with Gasteiger partial charge in [-0.25, -0.2) is 0 Å². The van der Waals surface area contributed by atoms with Gasteiger partial charge in [0.05, 0.1) is 0 Å². The molecule has 1 aromatic rings. The molecule has 0 unspecified atom stereocenters. The summed E-state index contributed by atoms with van der Waals surface area (Å²) in [5.74, 6) is 0.757. The number of hydrogen-bond donors (Lipinski definition) is 3. The molecule has 0 aliphatic heterocycles. The molecule has 0 saturated carbocycles. The first-order valence-electron chi connectivity index (χ1n) is 4.51. The number of para-hydroxylation sites is 1. The Balaban J connectivity index is 0. The van der Waals surface area contributed by atoms with E-state index in [2.05, 4.69) is 37.1 Å². The molecular formula is C10H14CuN2O2S2. The standard InChI is InChI=1S/C9H11NOS.CH3NOS.Cu/c1-2-7-5-3-4-6-8(7)11-9(10)12;2-1(3)4;/h3-6H,2H2,1H3,(H2,10,12);(H3,2,3,4);. The number of aryl methyl sites for hydroxylation is 1. The topological polar surface area (TPSA) is 81.5 Å². The Kier molecular flexibility index (Phi) is 11.2. The molecule has 0 saturated heterocycles. The zero-order chi connectivity index (χ0) is 12.6. The van der Waals surface area contributed by atoms with Crippen molar-refractivity contribution >= 4 is 34.8 Å². The number of nitrogens with two attached hydrogens (primary N) is 2. The Morgan fingerprint density at radius 3 is 2.18 bits per heavy atom. The fraction of sp³-hybridized carbons (Fsp3) is 0.200. The van der Waals surface area contributed by atoms with Crippen LogP contribution in [0.4, 0.5) is 0 Å². The molecular weight excluding hydrogens is 308 g/mol. The Morgan fingerprint density at radius 1 is 1.29 bits per heavy atom. The molecule has 0 atom stereocenters. The number of rotatable bonds is 2. The smallest absolute Gasteiger partial charge is 0.259 e. The Morgan fingerprint density at radius 2 is 1.76 bits per heavy atom. The molecule has 0 spiro atoms. The van der Waals surface area contributed by atoms with Crippen molar-refractivity contribution < 1.29 is 26.9 Å². The molecule has 0 aliphatic rings. The van der Waals surface area contributed by atoms with Gasteiger partial charge in [0.15, 0.2) is 0 Å². The third-order valence-electron chi connectivity index (χ3n) is 1.56. The molecule has 1 radical (unpaired) electrons. The van der Waals surface area contributed by atoms with Gasteiger partial charge in [0.1, 0.15) is 5.75 Å². The first-order valence-corrected chi connectivity index (χ1v) is 5.32. The van der Waals surface area contributed by atoms with E-state index in [1.54, 1.807) is 0 Å². The van der Waals surface area contributed by atoms with Crippen LogP contribution >= 0.6 is 24.4 Å². The number of hydrogen-bond acceptors (Lipinski definition) is 3. The van der Waals surface area contributed by atoms with E-state index >= 15 is 0 Å². The van der Waals surface area contributed by atoms with Gasteiger partial charge in [-0.05, 0) is 42.5 Å². The summed E-state index contributed by atoms with van der Waals surface area (Å²) in [6.45, 7) is 2.06. The van der Waals surface area contributed by atoms with E-state index in [0.29, 0.717) is 0 Å². The molecule has 1 aromatic carbocycles. The maximum absolute atomic E-state index is 7.56. The molecule has 0 bridgehead atoms. The van der Waals surface area contributed by atoms with Crippen LogP contribution < -0.4 is 16.2 Å². The van der Waals surface area contributed by atoms with Gasteiger partial charge in [0.25, 0.3) is 10.3 Å². The fourth-order valence-corrected chi connectivity index (χ4v) is 1.09. The minimum absolute atomic E-state index is 0. The van der Waals surface area contributed by atoms with E-state index in [1.807, 2.05) is 24.3 Å². The summed E-state index contributed by atoms with van der Waals surface area (Å²) in [4.78, 5) is 0. The van der Waals surface area contributed by atoms with Crippen molar-refractivity contribution in [2.75, 3.05) is 0 Å². The van der Waals surface area contributed by atoms with Gasteiger partial charge in [-0.15, -0.1) is 0 Å². The maximum atomic E-state index is 7.56. The number of aliphatic hydroxyl groups excluding tert-OH is 1. The number of thiocarbonyl (C=S) groups is 2. The van der Waals surface area contributed by atoms with Crippen molar-refractivity contribution in [1.82, 2.24) is 0 Å². The van der Waals surface area contributed by atoms with E-state index in [4.69, 9.17) is 15.6 Å². The predicted molar refractivity (Wildman–Crippen MR) is 72.6 cm³/mol. The number of ether oxygens (including phenoxy) is 1. The minimum atomic E-state index is -0.500. The van der Waals surface area contributed by atoms with Gasteiger partial charge < -0.3 is 21.3 Å². The van der Waals surface area contributed by atoms with Gasteiger partial charge >= 0.3 is 0 Å². The second-order valence-corrected chi connectivity index (χ2v) is 3.54. The molecule has 0 aliphatic carbocycles. The van der Waals surface area contributed by atoms with Crippen molar-refractivity contribution in [3.8, 4) is 5.75 Å². The normalized spacial score (nSPS) is 8.06. The van der Waals surface area contributed by atoms with Crippen LogP contribution in [0, 0.1) is 0 Å². The monoisotopic (exact) mass is 321 g/mol. The largest absolute Gasteiger partial charge is 0.487 e. The first-order chi connectivity index (χ1) is 7.47. The summed E-state index contributed by atoms with van der Waals surface area (Å²) < 4.78 is 5.15. The van der Waals surface area contributed by atoms with Gasteiger partial charge in [0, 0.05) is 17.1 Å². The van der Waals surface area contributed by atoms with E-state index < -0.39 is 5.17 Å². The fourth-order valence-electron chi connectivity index (χ4n) is 1.00. The first kappa shape index (κ1) is 18.5. The van der Waals surface area contributed by atoms with E-state index in [1.165, 1.54) is 0 Å². The summed E-state index contributed by atoms with van der Waals surface area (Å²) in [6.07, 6.45) is 0.915. The van der Waals surface area contributed by atoms with E-state index in [-0.39, 0.29) is 22.2 Å². The molecule has 0 fully saturated rings. The van der Waals surface area contributed by atoms with E-state index in [0.717, 1.165) is 17.7 Å². The second-order valence-electron chi connectivity index (χ2n) is 2.72. The second kappa shape index (κ2) is 10.3. The van der Waals surface area contributed by atoms with Crippen LogP contribution in [0.25, 0.3) is 0 Å². The van der Waals surface area contributed by atoms with Crippen molar-refractivity contribution in [2.24, 2.45) is 11.5 Å². The summed E-state index contributed by atoms with van der Waals surface area (Å²) in [7, 11) is 0. The molecule has 0 aromatic heterocycles. The number of aliphatic hydroxyl groups is 1. The van der Waals surface area contributed by atoms with Gasteiger partial charge in [-0.1, -0.05) is 25.1 Å². The SMILES string of the molecule is CCc1ccccc1OC(N)=S.NC(O)=S.[Cu]. The maximum Gasteiger partial charge on any atom is 0.259 e. The third-order valence-corrected chi connectivity index (χ3v) is 1.65. The molecule has 5 N–H and O–H groups in total. The summed E-state index contributed by atoms with van der Waals surface area (Å²) in [5.41, 5.74) is 10.8. The average Bonchev–Trinajstić information content (AvgIpc) is 2.17. The van der Waals surface area contributed by atoms with Crippen LogP contribution in [0.1, 0.15) is 12.5 Å². The van der Waals surface area contributed by atoms with Gasteiger partial charge in [-0.2, -0.15) is 0 Å². The van der Waals surface area contributed by atoms with Crippen LogP contribution in [0.5, 0.6) is 5.75 Å². The van der Waals surface area contributed by atoms with Gasteiger partial charge in [-0.3, -0.25) is 0 Å². The number of benzene rings is 1. The quantitative estimate of drug-likeness (QED) is 0.568. The molecule has 4 nitrogen and oxygen atoms in total. The average molecular weight is 322 g/mol. The molecule has 0 heterocycles. The molecule has 7 heteroatoms. The predicted octanol–water partition coefficient (Wildman–Crippen LogP) is 1.66. The summed E-state index contributed by atoms with van der Waals surface area (Å²) in [5, 5.41) is 7.13. The van der Waals surface area contributed by atoms with Crippen molar-refractivity contribution in [3.63, 3.8) is 0 Å². The van der Waals surface area contributed by atoms with Crippen LogP contribution in [0.15, 0.2) is 24.3 Å². The van der Waals surface area contributed by atoms with Crippen LogP contribution in [-0.4, -0.2) is 15.5 Å². The molecule has 1 rings (SSSR count). The third kappa shape index (κ3) is 10.0. The van der Waals surface area contributed by atoms with Crippen LogP contribution in [-0.2, 0) is 23.5 Å². The van der Waals surface area contributed by atoms with Crippen molar-refractivity contribution in [2.45, 2.75) is 13.3 Å². The van der Waals surface area contributed by atoms with Crippen LogP contribution in [0.2, 0.25) is 0 Å². The van der Waals surface area contributed by atoms with Crippen molar-refractivity contribution in [3.05, 3.63) is 29.8 Å². The van der Waals surface area contributed by atoms with Crippen molar-refractivity contribution in [1.29, 1.82) is 0 Å². The zero-order valence-electron chi connectivity index (χ0n) is 9.14. The van der Waals surface area contributed by atoms with Crippen LogP contribution in [0.3, 0.4) is 0 Å². The molecule has 0 amide bonds. The zero-order valence-corrected chi connectivity index (χ0v) is 11.7. The Hall–Kier alpha value is -0.881.